The van der Waals surface area contributed by atoms with Crippen LogP contribution in [0.3, 0.4) is 0 Å². The lowest BCUT2D eigenvalue weighted by Crippen LogP contribution is -2.36. The molecule has 1 aromatic rings. The highest BCUT2D eigenvalue weighted by atomic mass is 79.9. The summed E-state index contributed by atoms with van der Waals surface area (Å²) in [4.78, 5) is 0. The standard InChI is InChI=1S/C17H28BrN3/c1-4-9-19-14(16-12-7-6-8-13(12)16)10-15-17(18)11(3)20-21(15)5-2/h12-14,16,19H,4-10H2,1-3H3. The largest absolute Gasteiger partial charge is 0.313 e. The van der Waals surface area contributed by atoms with Crippen LogP contribution < -0.4 is 5.32 Å². The van der Waals surface area contributed by atoms with Gasteiger partial charge in [-0.2, -0.15) is 5.10 Å². The molecule has 3 nitrogen and oxygen atoms in total. The first-order valence-corrected chi connectivity index (χ1v) is 9.41. The Morgan fingerprint density at radius 2 is 2.05 bits per heavy atom. The lowest BCUT2D eigenvalue weighted by molar-refractivity contribution is 0.393. The van der Waals surface area contributed by atoms with Crippen molar-refractivity contribution < 1.29 is 0 Å². The van der Waals surface area contributed by atoms with Gasteiger partial charge in [-0.3, -0.25) is 4.68 Å². The smallest absolute Gasteiger partial charge is 0.0738 e. The van der Waals surface area contributed by atoms with Gasteiger partial charge in [-0.15, -0.1) is 0 Å². The highest BCUT2D eigenvalue weighted by Crippen LogP contribution is 2.59. The molecule has 3 atom stereocenters. The van der Waals surface area contributed by atoms with Crippen molar-refractivity contribution in [3.05, 3.63) is 15.9 Å². The molecule has 0 aliphatic heterocycles. The molecular formula is C17H28BrN3. The van der Waals surface area contributed by atoms with E-state index >= 15 is 0 Å². The Morgan fingerprint density at radius 1 is 1.33 bits per heavy atom. The second kappa shape index (κ2) is 6.41. The van der Waals surface area contributed by atoms with Gasteiger partial charge in [-0.05, 0) is 73.3 Å². The summed E-state index contributed by atoms with van der Waals surface area (Å²) < 4.78 is 3.40. The molecule has 0 amide bonds. The van der Waals surface area contributed by atoms with Gasteiger partial charge in [-0.1, -0.05) is 13.3 Å². The van der Waals surface area contributed by atoms with Gasteiger partial charge in [0.25, 0.3) is 0 Å². The van der Waals surface area contributed by atoms with E-state index in [4.69, 9.17) is 0 Å². The van der Waals surface area contributed by atoms with E-state index < -0.39 is 0 Å². The van der Waals surface area contributed by atoms with E-state index in [1.165, 1.54) is 35.8 Å². The molecule has 3 rings (SSSR count). The maximum Gasteiger partial charge on any atom is 0.0738 e. The van der Waals surface area contributed by atoms with Crippen LogP contribution in [0.25, 0.3) is 0 Å². The summed E-state index contributed by atoms with van der Waals surface area (Å²) in [5.41, 5.74) is 2.51. The van der Waals surface area contributed by atoms with E-state index in [2.05, 4.69) is 51.8 Å². The first kappa shape index (κ1) is 15.5. The summed E-state index contributed by atoms with van der Waals surface area (Å²) in [5.74, 6) is 2.94. The van der Waals surface area contributed by atoms with Gasteiger partial charge < -0.3 is 5.32 Å². The van der Waals surface area contributed by atoms with Crippen LogP contribution in [0, 0.1) is 24.7 Å². The van der Waals surface area contributed by atoms with Crippen molar-refractivity contribution in [3.8, 4) is 0 Å². The molecule has 3 unspecified atom stereocenters. The third kappa shape index (κ3) is 2.94. The van der Waals surface area contributed by atoms with E-state index in [9.17, 15) is 0 Å². The molecule has 118 valence electrons. The minimum Gasteiger partial charge on any atom is -0.313 e. The SMILES string of the molecule is CCCNC(Cc1c(Br)c(C)nn1CC)C1C2CCCC21. The zero-order chi connectivity index (χ0) is 15.0. The second-order valence-electron chi connectivity index (χ2n) is 6.76. The molecule has 1 aromatic heterocycles. The van der Waals surface area contributed by atoms with Crippen LogP contribution in [0.4, 0.5) is 0 Å². The molecule has 2 aliphatic rings. The summed E-state index contributed by atoms with van der Waals surface area (Å²) in [6.07, 6.45) is 6.72. The van der Waals surface area contributed by atoms with Crippen molar-refractivity contribution in [1.29, 1.82) is 0 Å². The van der Waals surface area contributed by atoms with E-state index in [1.54, 1.807) is 0 Å². The number of nitrogens with one attached hydrogen (secondary N) is 1. The third-order valence-corrected chi connectivity index (χ3v) is 6.49. The molecule has 4 heteroatoms. The average Bonchev–Trinajstić information content (AvgIpc) is 2.83. The van der Waals surface area contributed by atoms with Crippen LogP contribution in [0.5, 0.6) is 0 Å². The fourth-order valence-corrected chi connectivity index (χ4v) is 4.87. The van der Waals surface area contributed by atoms with Crippen LogP contribution in [0.1, 0.15) is 50.9 Å². The molecule has 21 heavy (non-hydrogen) atoms. The van der Waals surface area contributed by atoms with Gasteiger partial charge in [0.1, 0.15) is 0 Å². The molecule has 2 aliphatic carbocycles. The van der Waals surface area contributed by atoms with Gasteiger partial charge in [-0.25, -0.2) is 0 Å². The molecule has 0 bridgehead atoms. The van der Waals surface area contributed by atoms with Crippen molar-refractivity contribution in [3.63, 3.8) is 0 Å². The van der Waals surface area contributed by atoms with E-state index in [1.807, 2.05) is 0 Å². The zero-order valence-electron chi connectivity index (χ0n) is 13.5. The van der Waals surface area contributed by atoms with Crippen LogP contribution in [-0.4, -0.2) is 22.4 Å². The number of fused-ring (bicyclic) bond motifs is 1. The third-order valence-electron chi connectivity index (χ3n) is 5.46. The number of rotatable bonds is 7. The number of halogens is 1. The van der Waals surface area contributed by atoms with Crippen molar-refractivity contribution >= 4 is 15.9 Å². The molecule has 1 heterocycles. The van der Waals surface area contributed by atoms with E-state index in [-0.39, 0.29) is 0 Å². The van der Waals surface area contributed by atoms with Gasteiger partial charge in [0.2, 0.25) is 0 Å². The van der Waals surface area contributed by atoms with Gasteiger partial charge >= 0.3 is 0 Å². The Labute approximate surface area is 137 Å². The van der Waals surface area contributed by atoms with Crippen LogP contribution in [-0.2, 0) is 13.0 Å². The Balaban J connectivity index is 1.75. The summed E-state index contributed by atoms with van der Waals surface area (Å²) in [7, 11) is 0. The quantitative estimate of drug-likeness (QED) is 0.804. The van der Waals surface area contributed by atoms with Gasteiger partial charge in [0.05, 0.1) is 15.9 Å². The summed E-state index contributed by atoms with van der Waals surface area (Å²) in [5, 5.41) is 8.49. The van der Waals surface area contributed by atoms with E-state index in [0.717, 1.165) is 43.0 Å². The Kier molecular flexibility index (Phi) is 4.75. The predicted molar refractivity (Wildman–Crippen MR) is 90.4 cm³/mol. The van der Waals surface area contributed by atoms with Crippen molar-refractivity contribution in [2.75, 3.05) is 6.54 Å². The molecule has 2 saturated carbocycles. The minimum atomic E-state index is 0.637. The van der Waals surface area contributed by atoms with Crippen molar-refractivity contribution in [1.82, 2.24) is 15.1 Å². The molecule has 1 N–H and O–H groups in total. The molecule has 0 aromatic carbocycles. The predicted octanol–water partition coefficient (Wildman–Crippen LogP) is 3.93. The number of hydrogen-bond donors (Lipinski definition) is 1. The number of nitrogens with zero attached hydrogens (tertiary/aromatic N) is 2. The molecule has 0 saturated heterocycles. The molecule has 0 spiro atoms. The number of hydrogen-bond acceptors (Lipinski definition) is 2. The fraction of sp³-hybridized carbons (Fsp3) is 0.824. The lowest BCUT2D eigenvalue weighted by Gasteiger charge is -2.21. The molecular weight excluding hydrogens is 326 g/mol. The van der Waals surface area contributed by atoms with Gasteiger partial charge in [0, 0.05) is 19.0 Å². The molecule has 2 fully saturated rings. The maximum atomic E-state index is 4.66. The van der Waals surface area contributed by atoms with Crippen LogP contribution in [0.15, 0.2) is 4.47 Å². The first-order chi connectivity index (χ1) is 10.2. The average molecular weight is 354 g/mol. The first-order valence-electron chi connectivity index (χ1n) is 8.62. The van der Waals surface area contributed by atoms with E-state index in [0.29, 0.717) is 6.04 Å². The Morgan fingerprint density at radius 3 is 2.67 bits per heavy atom. The monoisotopic (exact) mass is 353 g/mol. The summed E-state index contributed by atoms with van der Waals surface area (Å²) in [6.45, 7) is 8.63. The van der Waals surface area contributed by atoms with Crippen molar-refractivity contribution in [2.24, 2.45) is 17.8 Å². The Hall–Kier alpha value is -0.350. The highest BCUT2D eigenvalue weighted by Gasteiger charge is 2.55. The fourth-order valence-electron chi connectivity index (χ4n) is 4.42. The van der Waals surface area contributed by atoms with Crippen LogP contribution >= 0.6 is 15.9 Å². The van der Waals surface area contributed by atoms with Crippen molar-refractivity contribution in [2.45, 2.75) is 65.5 Å². The van der Waals surface area contributed by atoms with Gasteiger partial charge in [0.15, 0.2) is 0 Å². The maximum absolute atomic E-state index is 4.66. The lowest BCUT2D eigenvalue weighted by atomic mass is 9.99. The second-order valence-corrected chi connectivity index (χ2v) is 7.56. The number of aryl methyl sites for hydroxylation is 2. The topological polar surface area (TPSA) is 29.9 Å². The minimum absolute atomic E-state index is 0.637. The summed E-state index contributed by atoms with van der Waals surface area (Å²) in [6, 6.07) is 0.637. The summed E-state index contributed by atoms with van der Waals surface area (Å²) >= 11 is 3.76. The highest BCUT2D eigenvalue weighted by molar-refractivity contribution is 9.10. The number of aromatic nitrogens is 2. The molecule has 0 radical (unpaired) electrons. The normalized spacial score (nSPS) is 28.7. The van der Waals surface area contributed by atoms with Crippen LogP contribution in [0.2, 0.25) is 0 Å². The zero-order valence-corrected chi connectivity index (χ0v) is 15.1. The Bertz CT molecular complexity index is 486.